The van der Waals surface area contributed by atoms with Crippen LogP contribution in [0.5, 0.6) is 5.75 Å². The molecule has 4 nitrogen and oxygen atoms in total. The zero-order valence-corrected chi connectivity index (χ0v) is 12.9. The van der Waals surface area contributed by atoms with Gasteiger partial charge in [0.1, 0.15) is 11.4 Å². The summed E-state index contributed by atoms with van der Waals surface area (Å²) < 4.78 is 10.8. The van der Waals surface area contributed by atoms with Crippen molar-refractivity contribution in [2.45, 2.75) is 45.6 Å². The lowest BCUT2D eigenvalue weighted by Crippen LogP contribution is -2.41. The predicted octanol–water partition coefficient (Wildman–Crippen LogP) is 3.62. The summed E-state index contributed by atoms with van der Waals surface area (Å²) in [6.45, 7) is 6.49. The zero-order valence-electron chi connectivity index (χ0n) is 12.9. The van der Waals surface area contributed by atoms with E-state index in [1.165, 1.54) is 0 Å². The normalized spacial score (nSPS) is 13.6. The molecule has 112 valence electrons. The van der Waals surface area contributed by atoms with Crippen LogP contribution in [-0.2, 0) is 9.53 Å². The van der Waals surface area contributed by atoms with E-state index in [2.05, 4.69) is 12.2 Å². The quantitative estimate of drug-likeness (QED) is 0.790. The number of hydrogen-bond donors (Lipinski definition) is 1. The van der Waals surface area contributed by atoms with E-state index in [9.17, 15) is 4.79 Å². The molecule has 1 rings (SSSR count). The van der Waals surface area contributed by atoms with Crippen LogP contribution in [0, 0.1) is 0 Å². The molecule has 0 bridgehead atoms. The van der Waals surface area contributed by atoms with E-state index in [1.54, 1.807) is 7.11 Å². The summed E-state index contributed by atoms with van der Waals surface area (Å²) in [5.41, 5.74) is -0.0348. The Morgan fingerprint density at radius 2 is 1.90 bits per heavy atom. The van der Waals surface area contributed by atoms with Crippen molar-refractivity contribution in [1.82, 2.24) is 0 Å². The van der Waals surface area contributed by atoms with Gasteiger partial charge in [-0.15, -0.1) is 0 Å². The first kappa shape index (κ1) is 16.5. The highest BCUT2D eigenvalue weighted by Crippen LogP contribution is 2.22. The van der Waals surface area contributed by atoms with Crippen LogP contribution < -0.4 is 10.1 Å². The average molecular weight is 279 g/mol. The van der Waals surface area contributed by atoms with Crippen LogP contribution in [0.3, 0.4) is 0 Å². The minimum Gasteiger partial charge on any atom is -0.494 e. The van der Waals surface area contributed by atoms with E-state index in [0.717, 1.165) is 24.3 Å². The van der Waals surface area contributed by atoms with Crippen molar-refractivity contribution in [3.05, 3.63) is 24.3 Å². The van der Waals surface area contributed by atoms with Crippen LogP contribution in [0.2, 0.25) is 0 Å². The second-order valence-corrected chi connectivity index (χ2v) is 4.95. The summed E-state index contributed by atoms with van der Waals surface area (Å²) in [4.78, 5) is 12.3. The maximum Gasteiger partial charge on any atom is 0.256 e. The van der Waals surface area contributed by atoms with Crippen molar-refractivity contribution in [3.63, 3.8) is 0 Å². The van der Waals surface area contributed by atoms with E-state index in [1.807, 2.05) is 38.1 Å². The van der Waals surface area contributed by atoms with Crippen LogP contribution in [-0.4, -0.2) is 25.2 Å². The summed E-state index contributed by atoms with van der Waals surface area (Å²) in [5, 5.41) is 2.89. The molecular weight excluding hydrogens is 254 g/mol. The first-order valence-corrected chi connectivity index (χ1v) is 7.15. The Morgan fingerprint density at radius 3 is 2.40 bits per heavy atom. The number of amides is 1. The molecule has 1 atom stereocenters. The molecule has 0 saturated carbocycles. The third-order valence-corrected chi connectivity index (χ3v) is 3.36. The third-order valence-electron chi connectivity index (χ3n) is 3.36. The van der Waals surface area contributed by atoms with Crippen LogP contribution in [0.1, 0.15) is 40.0 Å². The summed E-state index contributed by atoms with van der Waals surface area (Å²) in [6, 6.07) is 7.35. The Bertz CT molecular complexity index is 416. The van der Waals surface area contributed by atoms with Gasteiger partial charge in [0.05, 0.1) is 6.61 Å². The lowest BCUT2D eigenvalue weighted by molar-refractivity contribution is -0.136. The number of carbonyl (C=O) groups excluding carboxylic acids is 1. The van der Waals surface area contributed by atoms with Gasteiger partial charge < -0.3 is 14.8 Å². The molecule has 0 unspecified atom stereocenters. The summed E-state index contributed by atoms with van der Waals surface area (Å²) in [6.07, 6.45) is 2.71. The van der Waals surface area contributed by atoms with E-state index < -0.39 is 5.60 Å². The van der Waals surface area contributed by atoms with Crippen LogP contribution >= 0.6 is 0 Å². The lowest BCUT2D eigenvalue weighted by Gasteiger charge is -2.26. The Hall–Kier alpha value is -1.55. The number of benzene rings is 1. The topological polar surface area (TPSA) is 47.6 Å². The van der Waals surface area contributed by atoms with E-state index in [-0.39, 0.29) is 5.91 Å². The van der Waals surface area contributed by atoms with Crippen molar-refractivity contribution in [2.75, 3.05) is 19.0 Å². The molecule has 0 heterocycles. The van der Waals surface area contributed by atoms with Gasteiger partial charge >= 0.3 is 0 Å². The van der Waals surface area contributed by atoms with Crippen molar-refractivity contribution < 1.29 is 14.3 Å². The third kappa shape index (κ3) is 4.53. The molecule has 0 fully saturated rings. The number of carbonyl (C=O) groups is 1. The molecule has 0 aliphatic heterocycles. The van der Waals surface area contributed by atoms with Gasteiger partial charge in [0, 0.05) is 12.8 Å². The molecule has 1 aromatic rings. The number of rotatable bonds is 8. The highest BCUT2D eigenvalue weighted by molar-refractivity contribution is 5.97. The second-order valence-electron chi connectivity index (χ2n) is 4.95. The first-order valence-electron chi connectivity index (χ1n) is 7.15. The monoisotopic (exact) mass is 279 g/mol. The van der Waals surface area contributed by atoms with E-state index >= 15 is 0 Å². The Kier molecular flexibility index (Phi) is 6.52. The number of unbranched alkanes of at least 4 members (excludes halogenated alkanes) is 1. The first-order chi connectivity index (χ1) is 9.55. The molecule has 0 saturated heterocycles. The molecule has 0 radical (unpaired) electrons. The van der Waals surface area contributed by atoms with Crippen molar-refractivity contribution in [3.8, 4) is 5.75 Å². The van der Waals surface area contributed by atoms with Gasteiger partial charge in [0.25, 0.3) is 5.91 Å². The molecule has 20 heavy (non-hydrogen) atoms. The predicted molar refractivity (Wildman–Crippen MR) is 81.2 cm³/mol. The number of methoxy groups -OCH3 is 1. The van der Waals surface area contributed by atoms with Crippen molar-refractivity contribution >= 4 is 11.6 Å². The molecular formula is C16H25NO3. The van der Waals surface area contributed by atoms with Crippen LogP contribution in [0.15, 0.2) is 24.3 Å². The smallest absolute Gasteiger partial charge is 0.256 e. The lowest BCUT2D eigenvalue weighted by atomic mass is 9.97. The van der Waals surface area contributed by atoms with Gasteiger partial charge in [0.2, 0.25) is 0 Å². The maximum atomic E-state index is 12.3. The second kappa shape index (κ2) is 7.90. The number of hydrogen-bond acceptors (Lipinski definition) is 3. The fraction of sp³-hybridized carbons (Fsp3) is 0.562. The summed E-state index contributed by atoms with van der Waals surface area (Å²) >= 11 is 0. The van der Waals surface area contributed by atoms with Crippen molar-refractivity contribution in [1.29, 1.82) is 0 Å². The molecule has 0 aliphatic carbocycles. The Balaban J connectivity index is 2.68. The maximum absolute atomic E-state index is 12.3. The molecule has 1 N–H and O–H groups in total. The zero-order chi connectivity index (χ0) is 15.0. The largest absolute Gasteiger partial charge is 0.494 e. The van der Waals surface area contributed by atoms with E-state index in [0.29, 0.717) is 13.0 Å². The van der Waals surface area contributed by atoms with Gasteiger partial charge in [-0.25, -0.2) is 0 Å². The summed E-state index contributed by atoms with van der Waals surface area (Å²) in [5.74, 6) is 0.684. The highest BCUT2D eigenvalue weighted by Gasteiger charge is 2.32. The van der Waals surface area contributed by atoms with E-state index in [4.69, 9.17) is 9.47 Å². The minimum atomic E-state index is -0.783. The molecule has 0 spiro atoms. The number of ether oxygens (including phenoxy) is 2. The standard InChI is InChI=1S/C16H25NO3/c1-5-7-12-16(3,19-4)15(18)17-13-8-10-14(11-9-13)20-6-2/h8-11H,5-7,12H2,1-4H3,(H,17,18)/t16-/m1/s1. The molecule has 0 aliphatic rings. The SMILES string of the molecule is CCCC[C@@](C)(OC)C(=O)Nc1ccc(OCC)cc1. The van der Waals surface area contributed by atoms with Gasteiger partial charge in [-0.05, 0) is 44.5 Å². The van der Waals surface area contributed by atoms with Crippen LogP contribution in [0.4, 0.5) is 5.69 Å². The fourth-order valence-electron chi connectivity index (χ4n) is 1.89. The molecule has 0 aromatic heterocycles. The average Bonchev–Trinajstić information content (AvgIpc) is 2.47. The Morgan fingerprint density at radius 1 is 1.25 bits per heavy atom. The van der Waals surface area contributed by atoms with Crippen LogP contribution in [0.25, 0.3) is 0 Å². The van der Waals surface area contributed by atoms with Gasteiger partial charge in [-0.2, -0.15) is 0 Å². The molecule has 1 aromatic carbocycles. The molecule has 4 heteroatoms. The van der Waals surface area contributed by atoms with Gasteiger partial charge in [0.15, 0.2) is 0 Å². The number of nitrogens with one attached hydrogen (secondary N) is 1. The highest BCUT2D eigenvalue weighted by atomic mass is 16.5. The van der Waals surface area contributed by atoms with Gasteiger partial charge in [-0.3, -0.25) is 4.79 Å². The molecule has 1 amide bonds. The van der Waals surface area contributed by atoms with Crippen molar-refractivity contribution in [2.24, 2.45) is 0 Å². The summed E-state index contributed by atoms with van der Waals surface area (Å²) in [7, 11) is 1.58. The fourth-order valence-corrected chi connectivity index (χ4v) is 1.89. The minimum absolute atomic E-state index is 0.113. The van der Waals surface area contributed by atoms with Gasteiger partial charge in [-0.1, -0.05) is 19.8 Å². The Labute approximate surface area is 121 Å². The number of anilines is 1.